The van der Waals surface area contributed by atoms with Gasteiger partial charge in [-0.1, -0.05) is 20.8 Å². The van der Waals surface area contributed by atoms with Crippen LogP contribution in [0, 0.1) is 0 Å². The fourth-order valence-electron chi connectivity index (χ4n) is 2.41. The summed E-state index contributed by atoms with van der Waals surface area (Å²) >= 11 is 0. The summed E-state index contributed by atoms with van der Waals surface area (Å²) in [6, 6.07) is 3.93. The van der Waals surface area contributed by atoms with Crippen LogP contribution < -0.4 is 4.74 Å². The molecule has 1 aromatic rings. The van der Waals surface area contributed by atoms with Crippen LogP contribution in [0.2, 0.25) is 13.1 Å². The third-order valence-electron chi connectivity index (χ3n) is 3.33. The number of ether oxygens (including phenoxy) is 1. The molecular formula is C17H23O3Si. The summed E-state index contributed by atoms with van der Waals surface area (Å²) in [6.45, 7) is 13.0. The van der Waals surface area contributed by atoms with Crippen molar-refractivity contribution in [2.24, 2.45) is 0 Å². The minimum atomic E-state index is -0.945. The van der Waals surface area contributed by atoms with Crippen molar-refractivity contribution in [3.63, 3.8) is 0 Å². The second kappa shape index (κ2) is 5.68. The first-order chi connectivity index (χ1) is 9.74. The molecule has 0 atom stereocenters. The molecule has 4 heteroatoms. The Bertz CT molecular complexity index is 595. The van der Waals surface area contributed by atoms with Crippen LogP contribution in [0.3, 0.4) is 0 Å². The maximum Gasteiger partial charge on any atom is 0.274 e. The molecule has 113 valence electrons. The minimum absolute atomic E-state index is 0.00949. The van der Waals surface area contributed by atoms with Crippen LogP contribution in [0.25, 0.3) is 6.08 Å². The maximum atomic E-state index is 12.5. The lowest BCUT2D eigenvalue weighted by Gasteiger charge is -2.23. The number of ketones is 1. The predicted molar refractivity (Wildman–Crippen MR) is 87.2 cm³/mol. The third kappa shape index (κ3) is 3.21. The fraction of sp³-hybridized carbons (Fsp3) is 0.471. The topological polar surface area (TPSA) is 35.5 Å². The Balaban J connectivity index is 2.49. The van der Waals surface area contributed by atoms with Gasteiger partial charge in [0, 0.05) is 11.1 Å². The van der Waals surface area contributed by atoms with Crippen LogP contribution in [0.4, 0.5) is 0 Å². The highest BCUT2D eigenvalue weighted by atomic mass is 28.3. The highest BCUT2D eigenvalue weighted by Crippen LogP contribution is 2.37. The molecule has 0 fully saturated rings. The zero-order chi connectivity index (χ0) is 15.8. The van der Waals surface area contributed by atoms with Crippen LogP contribution in [0.15, 0.2) is 17.9 Å². The number of Topliss-reactive ketones (excluding diaryl/α,β-unsaturated/α-hetero) is 1. The molecule has 1 aromatic carbocycles. The van der Waals surface area contributed by atoms with Crippen molar-refractivity contribution in [2.45, 2.75) is 46.2 Å². The van der Waals surface area contributed by atoms with E-state index in [0.29, 0.717) is 12.4 Å². The lowest BCUT2D eigenvalue weighted by atomic mass is 9.84. The molecule has 3 nitrogen and oxygen atoms in total. The van der Waals surface area contributed by atoms with Crippen molar-refractivity contribution in [1.29, 1.82) is 0 Å². The van der Waals surface area contributed by atoms with Crippen molar-refractivity contribution in [3.05, 3.63) is 34.6 Å². The molecule has 0 N–H and O–H groups in total. The fourth-order valence-corrected chi connectivity index (χ4v) is 3.00. The number of allylic oxidation sites excluding steroid dienone is 1. The molecule has 0 spiro atoms. The molecule has 0 bridgehead atoms. The smallest absolute Gasteiger partial charge is 0.274 e. The van der Waals surface area contributed by atoms with Gasteiger partial charge in [-0.15, -0.1) is 0 Å². The molecular weight excluding hydrogens is 280 g/mol. The van der Waals surface area contributed by atoms with Crippen molar-refractivity contribution in [1.82, 2.24) is 0 Å². The van der Waals surface area contributed by atoms with Gasteiger partial charge in [-0.05, 0) is 49.2 Å². The van der Waals surface area contributed by atoms with Crippen LogP contribution in [-0.4, -0.2) is 21.4 Å². The molecule has 0 aromatic heterocycles. The van der Waals surface area contributed by atoms with E-state index in [1.54, 1.807) is 0 Å². The Hall–Kier alpha value is -1.55. The minimum Gasteiger partial charge on any atom is -0.540 e. The van der Waals surface area contributed by atoms with E-state index in [4.69, 9.17) is 9.16 Å². The van der Waals surface area contributed by atoms with E-state index >= 15 is 0 Å². The Labute approximate surface area is 128 Å². The number of hydrogen-bond donors (Lipinski definition) is 0. The molecule has 0 saturated carbocycles. The Kier molecular flexibility index (Phi) is 4.28. The van der Waals surface area contributed by atoms with E-state index in [0.717, 1.165) is 22.4 Å². The molecule has 1 aliphatic rings. The van der Waals surface area contributed by atoms with Gasteiger partial charge in [0.15, 0.2) is 5.76 Å². The first-order valence-corrected chi connectivity index (χ1v) is 9.70. The second-order valence-electron chi connectivity index (χ2n) is 6.47. The largest absolute Gasteiger partial charge is 0.540 e. The third-order valence-corrected chi connectivity index (χ3v) is 3.96. The molecule has 1 aliphatic carbocycles. The van der Waals surface area contributed by atoms with Crippen molar-refractivity contribution in [3.8, 4) is 5.75 Å². The number of benzene rings is 1. The first kappa shape index (κ1) is 15.8. The summed E-state index contributed by atoms with van der Waals surface area (Å²) in [5, 5.41) is 0. The van der Waals surface area contributed by atoms with Gasteiger partial charge in [-0.3, -0.25) is 4.79 Å². The molecule has 0 amide bonds. The second-order valence-corrected chi connectivity index (χ2v) is 8.49. The van der Waals surface area contributed by atoms with Crippen LogP contribution >= 0.6 is 0 Å². The normalized spacial score (nSPS) is 14.2. The van der Waals surface area contributed by atoms with Gasteiger partial charge >= 0.3 is 0 Å². The van der Waals surface area contributed by atoms with Gasteiger partial charge in [-0.2, -0.15) is 0 Å². The van der Waals surface area contributed by atoms with Crippen LogP contribution in [0.1, 0.15) is 49.2 Å². The predicted octanol–water partition coefficient (Wildman–Crippen LogP) is 4.19. The molecule has 2 rings (SSSR count). The van der Waals surface area contributed by atoms with Crippen molar-refractivity contribution < 1.29 is 14.0 Å². The molecule has 0 heterocycles. The zero-order valence-electron chi connectivity index (χ0n) is 13.7. The SMILES string of the molecule is CCOc1cc2c(cc1C(C)(C)C)C(=O)C(O[Si](C)C)=C2. The maximum absolute atomic E-state index is 12.5. The zero-order valence-corrected chi connectivity index (χ0v) is 14.7. The average molecular weight is 303 g/mol. The molecule has 0 saturated heterocycles. The highest BCUT2D eigenvalue weighted by Gasteiger charge is 2.29. The molecule has 1 radical (unpaired) electrons. The summed E-state index contributed by atoms with van der Waals surface area (Å²) < 4.78 is 11.5. The highest BCUT2D eigenvalue weighted by molar-refractivity contribution is 6.49. The Morgan fingerprint density at radius 2 is 1.86 bits per heavy atom. The Morgan fingerprint density at radius 3 is 2.38 bits per heavy atom. The Morgan fingerprint density at radius 1 is 1.19 bits per heavy atom. The van der Waals surface area contributed by atoms with E-state index in [2.05, 4.69) is 20.8 Å². The summed E-state index contributed by atoms with van der Waals surface area (Å²) in [7, 11) is -0.945. The standard InChI is InChI=1S/C17H23O3Si/c1-7-19-14-8-11-9-15(20-21(5)6)16(18)12(11)10-13(14)17(2,3)4/h8-10H,7H2,1-6H3. The molecule has 21 heavy (non-hydrogen) atoms. The van der Waals surface area contributed by atoms with Gasteiger partial charge in [-0.25, -0.2) is 0 Å². The molecule has 0 aliphatic heterocycles. The van der Waals surface area contributed by atoms with E-state index in [9.17, 15) is 4.79 Å². The van der Waals surface area contributed by atoms with Gasteiger partial charge in [0.25, 0.3) is 9.04 Å². The van der Waals surface area contributed by atoms with Gasteiger partial charge < -0.3 is 9.16 Å². The summed E-state index contributed by atoms with van der Waals surface area (Å²) in [5.41, 5.74) is 2.61. The monoisotopic (exact) mass is 303 g/mol. The lowest BCUT2D eigenvalue weighted by Crippen LogP contribution is -2.16. The summed E-state index contributed by atoms with van der Waals surface area (Å²) in [5.74, 6) is 1.31. The van der Waals surface area contributed by atoms with E-state index < -0.39 is 9.04 Å². The van der Waals surface area contributed by atoms with Gasteiger partial charge in [0.1, 0.15) is 5.75 Å². The van der Waals surface area contributed by atoms with E-state index in [1.807, 2.05) is 38.2 Å². The van der Waals surface area contributed by atoms with Gasteiger partial charge in [0.05, 0.1) is 6.61 Å². The summed E-state index contributed by atoms with van der Waals surface area (Å²) in [4.78, 5) is 12.5. The molecule has 0 unspecified atom stereocenters. The quantitative estimate of drug-likeness (QED) is 0.782. The van der Waals surface area contributed by atoms with E-state index in [1.165, 1.54) is 0 Å². The summed E-state index contributed by atoms with van der Waals surface area (Å²) in [6.07, 6.45) is 1.84. The average Bonchev–Trinajstić information content (AvgIpc) is 2.63. The van der Waals surface area contributed by atoms with Gasteiger partial charge in [0.2, 0.25) is 5.78 Å². The lowest BCUT2D eigenvalue weighted by molar-refractivity contribution is 0.0992. The number of carbonyl (C=O) groups excluding carboxylic acids is 1. The number of rotatable bonds is 4. The van der Waals surface area contributed by atoms with E-state index in [-0.39, 0.29) is 11.2 Å². The van der Waals surface area contributed by atoms with Crippen LogP contribution in [-0.2, 0) is 9.84 Å². The number of fused-ring (bicyclic) bond motifs is 1. The number of hydrogen-bond acceptors (Lipinski definition) is 3. The van der Waals surface area contributed by atoms with Crippen molar-refractivity contribution >= 4 is 20.9 Å². The number of carbonyl (C=O) groups is 1. The van der Waals surface area contributed by atoms with Crippen LogP contribution in [0.5, 0.6) is 5.75 Å². The first-order valence-electron chi connectivity index (χ1n) is 7.29. The van der Waals surface area contributed by atoms with Crippen molar-refractivity contribution in [2.75, 3.05) is 6.61 Å².